The van der Waals surface area contributed by atoms with E-state index in [1.165, 1.54) is 30.2 Å². The predicted molar refractivity (Wildman–Crippen MR) is 68.5 cm³/mol. The summed E-state index contributed by atoms with van der Waals surface area (Å²) in [6.45, 7) is 8.98. The van der Waals surface area contributed by atoms with E-state index in [9.17, 15) is 0 Å². The van der Waals surface area contributed by atoms with E-state index in [-0.39, 0.29) is 0 Å². The lowest BCUT2D eigenvalue weighted by Gasteiger charge is -2.28. The summed E-state index contributed by atoms with van der Waals surface area (Å²) in [7, 11) is 0. The van der Waals surface area contributed by atoms with Crippen molar-refractivity contribution in [1.29, 1.82) is 0 Å². The predicted octanol–water partition coefficient (Wildman–Crippen LogP) is 2.90. The summed E-state index contributed by atoms with van der Waals surface area (Å²) in [6.07, 6.45) is 4.11. The van der Waals surface area contributed by atoms with E-state index in [1.807, 2.05) is 11.8 Å². The number of nitrogens with one attached hydrogen (secondary N) is 1. The minimum atomic E-state index is 0.387. The van der Waals surface area contributed by atoms with E-state index in [0.717, 1.165) is 13.1 Å². The number of hydrogen-bond donors (Lipinski definition) is 1. The van der Waals surface area contributed by atoms with Crippen LogP contribution < -0.4 is 5.32 Å². The maximum absolute atomic E-state index is 4.62. The molecule has 0 unspecified atom stereocenters. The molecule has 0 aromatic carbocycles. The summed E-state index contributed by atoms with van der Waals surface area (Å²) in [4.78, 5) is 4.62. The van der Waals surface area contributed by atoms with Gasteiger partial charge in [-0.1, -0.05) is 32.5 Å². The fourth-order valence-electron chi connectivity index (χ4n) is 1.84. The Balaban J connectivity index is 1.79. The van der Waals surface area contributed by atoms with Crippen LogP contribution in [0.3, 0.4) is 0 Å². The zero-order valence-electron chi connectivity index (χ0n) is 10.1. The molecular weight excluding hydrogens is 204 g/mol. The Morgan fingerprint density at radius 1 is 1.40 bits per heavy atom. The van der Waals surface area contributed by atoms with Gasteiger partial charge >= 0.3 is 0 Å². The van der Waals surface area contributed by atoms with Crippen LogP contribution in [0.5, 0.6) is 0 Å². The second kappa shape index (κ2) is 4.00. The van der Waals surface area contributed by atoms with Gasteiger partial charge in [-0.2, -0.15) is 0 Å². The Morgan fingerprint density at radius 3 is 2.60 bits per heavy atom. The first kappa shape index (κ1) is 11.3. The molecule has 2 rings (SSSR count). The molecule has 0 radical (unpaired) electrons. The molecule has 1 N–H and O–H groups in total. The number of amidine groups is 1. The highest BCUT2D eigenvalue weighted by atomic mass is 32.2. The standard InChI is InChI=1S/C12H22N2S/c1-4-12(5-6-12)8-14-10-13-7-11(2,3)9-15-10/h4-9H2,1-3H3,(H,13,14). The van der Waals surface area contributed by atoms with Crippen molar-refractivity contribution in [2.24, 2.45) is 15.8 Å². The SMILES string of the molecule is CCC1(CNC2=NCC(C)(C)CS2)CC1. The van der Waals surface area contributed by atoms with Gasteiger partial charge in [-0.05, 0) is 30.1 Å². The topological polar surface area (TPSA) is 24.4 Å². The summed E-state index contributed by atoms with van der Waals surface area (Å²) in [5.41, 5.74) is 1.01. The monoisotopic (exact) mass is 226 g/mol. The molecular formula is C12H22N2S. The summed E-state index contributed by atoms with van der Waals surface area (Å²) < 4.78 is 0. The van der Waals surface area contributed by atoms with Crippen molar-refractivity contribution in [3.63, 3.8) is 0 Å². The van der Waals surface area contributed by atoms with Gasteiger partial charge in [0.05, 0.1) is 0 Å². The van der Waals surface area contributed by atoms with Gasteiger partial charge in [0.1, 0.15) is 0 Å². The lowest BCUT2D eigenvalue weighted by molar-refractivity contribution is 0.434. The van der Waals surface area contributed by atoms with Crippen molar-refractivity contribution in [3.05, 3.63) is 0 Å². The van der Waals surface area contributed by atoms with Crippen molar-refractivity contribution in [2.75, 3.05) is 18.8 Å². The first-order valence-electron chi connectivity index (χ1n) is 5.96. The van der Waals surface area contributed by atoms with E-state index in [2.05, 4.69) is 31.1 Å². The van der Waals surface area contributed by atoms with Gasteiger partial charge in [0.2, 0.25) is 0 Å². The molecule has 0 amide bonds. The van der Waals surface area contributed by atoms with Gasteiger partial charge in [0.25, 0.3) is 0 Å². The number of nitrogens with zero attached hydrogens (tertiary/aromatic N) is 1. The maximum atomic E-state index is 4.62. The molecule has 1 fully saturated rings. The molecule has 0 spiro atoms. The van der Waals surface area contributed by atoms with Crippen molar-refractivity contribution >= 4 is 16.9 Å². The first-order chi connectivity index (χ1) is 7.05. The molecule has 0 bridgehead atoms. The third kappa shape index (κ3) is 2.90. The zero-order chi connectivity index (χ0) is 10.9. The average Bonchev–Trinajstić information content (AvgIpc) is 2.97. The van der Waals surface area contributed by atoms with E-state index in [0.29, 0.717) is 10.8 Å². The molecule has 1 saturated carbocycles. The molecule has 1 heterocycles. The van der Waals surface area contributed by atoms with Gasteiger partial charge in [-0.25, -0.2) is 0 Å². The third-order valence-corrected chi connectivity index (χ3v) is 5.04. The summed E-state index contributed by atoms with van der Waals surface area (Å²) in [6, 6.07) is 0. The smallest absolute Gasteiger partial charge is 0.156 e. The van der Waals surface area contributed by atoms with Crippen LogP contribution in [0.1, 0.15) is 40.0 Å². The van der Waals surface area contributed by atoms with E-state index in [4.69, 9.17) is 0 Å². The van der Waals surface area contributed by atoms with Gasteiger partial charge < -0.3 is 5.32 Å². The van der Waals surface area contributed by atoms with Gasteiger partial charge in [-0.15, -0.1) is 0 Å². The highest BCUT2D eigenvalue weighted by molar-refractivity contribution is 8.13. The normalized spacial score (nSPS) is 27.0. The Labute approximate surface area is 97.3 Å². The number of hydrogen-bond acceptors (Lipinski definition) is 3. The van der Waals surface area contributed by atoms with Gasteiger partial charge in [0, 0.05) is 18.8 Å². The molecule has 1 aliphatic heterocycles. The van der Waals surface area contributed by atoms with Crippen LogP contribution >= 0.6 is 11.8 Å². The van der Waals surface area contributed by atoms with E-state index < -0.39 is 0 Å². The van der Waals surface area contributed by atoms with E-state index in [1.54, 1.807) is 0 Å². The Morgan fingerprint density at radius 2 is 2.13 bits per heavy atom. The van der Waals surface area contributed by atoms with Crippen molar-refractivity contribution in [2.45, 2.75) is 40.0 Å². The fraction of sp³-hybridized carbons (Fsp3) is 0.917. The minimum Gasteiger partial charge on any atom is -0.364 e. The highest BCUT2D eigenvalue weighted by Crippen LogP contribution is 2.48. The third-order valence-electron chi connectivity index (χ3n) is 3.57. The van der Waals surface area contributed by atoms with Crippen LogP contribution in [0.25, 0.3) is 0 Å². The zero-order valence-corrected chi connectivity index (χ0v) is 10.9. The van der Waals surface area contributed by atoms with E-state index >= 15 is 0 Å². The second-order valence-electron chi connectivity index (χ2n) is 5.78. The second-order valence-corrected chi connectivity index (χ2v) is 6.75. The van der Waals surface area contributed by atoms with Crippen molar-refractivity contribution in [1.82, 2.24) is 5.32 Å². The largest absolute Gasteiger partial charge is 0.364 e. The molecule has 0 atom stereocenters. The number of aliphatic imine (C=N–C) groups is 1. The quantitative estimate of drug-likeness (QED) is 0.800. The summed E-state index contributed by atoms with van der Waals surface area (Å²) in [5.74, 6) is 1.19. The van der Waals surface area contributed by atoms with Crippen molar-refractivity contribution < 1.29 is 0 Å². The summed E-state index contributed by atoms with van der Waals surface area (Å²) in [5, 5.41) is 4.70. The lowest BCUT2D eigenvalue weighted by atomic mass is 9.97. The van der Waals surface area contributed by atoms with Crippen LogP contribution in [-0.2, 0) is 0 Å². The summed E-state index contributed by atoms with van der Waals surface area (Å²) >= 11 is 1.89. The molecule has 0 aromatic rings. The molecule has 1 aliphatic carbocycles. The van der Waals surface area contributed by atoms with Crippen molar-refractivity contribution in [3.8, 4) is 0 Å². The molecule has 15 heavy (non-hydrogen) atoms. The van der Waals surface area contributed by atoms with Gasteiger partial charge in [-0.3, -0.25) is 4.99 Å². The van der Waals surface area contributed by atoms with Crippen LogP contribution in [0, 0.1) is 10.8 Å². The van der Waals surface area contributed by atoms with Gasteiger partial charge in [0.15, 0.2) is 5.17 Å². The molecule has 2 aliphatic rings. The fourth-order valence-corrected chi connectivity index (χ4v) is 2.79. The van der Waals surface area contributed by atoms with Crippen LogP contribution in [-0.4, -0.2) is 24.0 Å². The Bertz CT molecular complexity index is 267. The molecule has 86 valence electrons. The lowest BCUT2D eigenvalue weighted by Crippen LogP contribution is -2.34. The highest BCUT2D eigenvalue weighted by Gasteiger charge is 2.40. The van der Waals surface area contributed by atoms with Crippen LogP contribution in [0.2, 0.25) is 0 Å². The molecule has 3 heteroatoms. The molecule has 0 aromatic heterocycles. The number of rotatable bonds is 3. The maximum Gasteiger partial charge on any atom is 0.156 e. The molecule has 2 nitrogen and oxygen atoms in total. The first-order valence-corrected chi connectivity index (χ1v) is 6.95. The van der Waals surface area contributed by atoms with Crippen LogP contribution in [0.4, 0.5) is 0 Å². The Kier molecular flexibility index (Phi) is 3.02. The van der Waals surface area contributed by atoms with Crippen LogP contribution in [0.15, 0.2) is 4.99 Å². The number of thioether (sulfide) groups is 1. The Hall–Kier alpha value is -0.180. The minimum absolute atomic E-state index is 0.387. The molecule has 0 saturated heterocycles. The average molecular weight is 226 g/mol.